The third-order valence-corrected chi connectivity index (χ3v) is 4.45. The van der Waals surface area contributed by atoms with Gasteiger partial charge in [0.2, 0.25) is 0 Å². The van der Waals surface area contributed by atoms with Crippen LogP contribution in [0.2, 0.25) is 0 Å². The van der Waals surface area contributed by atoms with Crippen LogP contribution in [-0.2, 0) is 17.9 Å². The molecule has 1 saturated heterocycles. The molecular formula is C19H30N2O3. The Morgan fingerprint density at radius 1 is 1.33 bits per heavy atom. The molecule has 134 valence electrons. The maximum atomic E-state index is 12.3. The summed E-state index contributed by atoms with van der Waals surface area (Å²) < 4.78 is 5.49. The van der Waals surface area contributed by atoms with Crippen molar-refractivity contribution in [3.05, 3.63) is 35.4 Å². The number of ether oxygens (including phenoxy) is 1. The molecule has 1 fully saturated rings. The van der Waals surface area contributed by atoms with E-state index in [0.29, 0.717) is 19.0 Å². The summed E-state index contributed by atoms with van der Waals surface area (Å²) in [5.74, 6) is 0.491. The molecule has 1 aromatic carbocycles. The lowest BCUT2D eigenvalue weighted by Gasteiger charge is -2.38. The van der Waals surface area contributed by atoms with Gasteiger partial charge < -0.3 is 20.1 Å². The van der Waals surface area contributed by atoms with Crippen molar-refractivity contribution >= 4 is 6.09 Å². The highest BCUT2D eigenvalue weighted by Crippen LogP contribution is 2.20. The van der Waals surface area contributed by atoms with E-state index < -0.39 is 5.60 Å². The van der Waals surface area contributed by atoms with E-state index in [1.807, 2.05) is 45.0 Å². The zero-order valence-electron chi connectivity index (χ0n) is 15.2. The molecule has 2 rings (SSSR count). The minimum atomic E-state index is -0.469. The van der Waals surface area contributed by atoms with Gasteiger partial charge in [-0.1, -0.05) is 31.2 Å². The first-order valence-electron chi connectivity index (χ1n) is 8.69. The number of hydrogen-bond donors (Lipinski definition) is 2. The molecule has 2 N–H and O–H groups in total. The Morgan fingerprint density at radius 2 is 2.00 bits per heavy atom. The monoisotopic (exact) mass is 334 g/mol. The molecule has 5 nitrogen and oxygen atoms in total. The van der Waals surface area contributed by atoms with E-state index >= 15 is 0 Å². The van der Waals surface area contributed by atoms with E-state index in [0.717, 1.165) is 24.1 Å². The minimum Gasteiger partial charge on any atom is -0.444 e. The number of carbonyl (C=O) groups is 1. The normalized spacial score (nSPS) is 21.6. The van der Waals surface area contributed by atoms with Gasteiger partial charge in [-0.3, -0.25) is 0 Å². The summed E-state index contributed by atoms with van der Waals surface area (Å²) in [5.41, 5.74) is 1.57. The molecule has 0 bridgehead atoms. The first kappa shape index (κ1) is 18.7. The lowest BCUT2D eigenvalue weighted by molar-refractivity contribution is 0.0147. The van der Waals surface area contributed by atoms with E-state index in [4.69, 9.17) is 4.74 Å². The van der Waals surface area contributed by atoms with Gasteiger partial charge in [0.25, 0.3) is 0 Å². The van der Waals surface area contributed by atoms with Gasteiger partial charge in [-0.25, -0.2) is 4.79 Å². The summed E-state index contributed by atoms with van der Waals surface area (Å²) in [6.07, 6.45) is 0.718. The maximum Gasteiger partial charge on any atom is 0.410 e. The number of likely N-dealkylation sites (tertiary alicyclic amines) is 1. The molecule has 2 unspecified atom stereocenters. The molecule has 1 aliphatic heterocycles. The smallest absolute Gasteiger partial charge is 0.410 e. The number of aliphatic hydroxyl groups is 1. The Labute approximate surface area is 145 Å². The molecule has 2 atom stereocenters. The van der Waals surface area contributed by atoms with Gasteiger partial charge >= 0.3 is 6.09 Å². The molecule has 0 spiro atoms. The fraction of sp³-hybridized carbons (Fsp3) is 0.632. The van der Waals surface area contributed by atoms with Crippen LogP contribution in [0.5, 0.6) is 0 Å². The van der Waals surface area contributed by atoms with Crippen molar-refractivity contribution in [2.24, 2.45) is 5.92 Å². The van der Waals surface area contributed by atoms with Crippen molar-refractivity contribution in [1.82, 2.24) is 10.2 Å². The van der Waals surface area contributed by atoms with Crippen LogP contribution in [-0.4, -0.2) is 40.8 Å². The van der Waals surface area contributed by atoms with E-state index in [9.17, 15) is 9.90 Å². The van der Waals surface area contributed by atoms with Crippen LogP contribution < -0.4 is 5.32 Å². The number of nitrogens with zero attached hydrogens (tertiary/aromatic N) is 1. The highest BCUT2D eigenvalue weighted by Gasteiger charge is 2.31. The third-order valence-electron chi connectivity index (χ3n) is 4.45. The molecule has 0 aliphatic carbocycles. The Hall–Kier alpha value is -1.59. The summed E-state index contributed by atoms with van der Waals surface area (Å²) in [7, 11) is 0. The number of benzene rings is 1. The molecule has 1 aliphatic rings. The number of aliphatic hydroxyl groups excluding tert-OH is 1. The first-order valence-corrected chi connectivity index (χ1v) is 8.69. The third kappa shape index (κ3) is 5.21. The Kier molecular flexibility index (Phi) is 6.24. The second-order valence-corrected chi connectivity index (χ2v) is 7.61. The van der Waals surface area contributed by atoms with Crippen LogP contribution in [0.1, 0.15) is 45.2 Å². The van der Waals surface area contributed by atoms with Crippen LogP contribution >= 0.6 is 0 Å². The summed E-state index contributed by atoms with van der Waals surface area (Å²) in [4.78, 5) is 14.1. The predicted octanol–water partition coefficient (Wildman–Crippen LogP) is 2.91. The van der Waals surface area contributed by atoms with Crippen molar-refractivity contribution in [2.45, 2.75) is 58.9 Å². The summed E-state index contributed by atoms with van der Waals surface area (Å²) in [6.45, 7) is 9.99. The average Bonchev–Trinajstić information content (AvgIpc) is 2.52. The molecule has 1 aromatic rings. The fourth-order valence-electron chi connectivity index (χ4n) is 2.95. The van der Waals surface area contributed by atoms with Crippen LogP contribution in [0.25, 0.3) is 0 Å². The number of piperidine rings is 1. The van der Waals surface area contributed by atoms with E-state index in [1.165, 1.54) is 0 Å². The van der Waals surface area contributed by atoms with Gasteiger partial charge in [-0.2, -0.15) is 0 Å². The molecule has 0 radical (unpaired) electrons. The molecule has 0 saturated carbocycles. The fourth-order valence-corrected chi connectivity index (χ4v) is 2.95. The summed E-state index contributed by atoms with van der Waals surface area (Å²) in [5, 5.41) is 13.0. The highest BCUT2D eigenvalue weighted by atomic mass is 16.6. The standard InChI is InChI=1S/C19H30N2O3/c1-14-9-10-21(18(23)24-19(2,3)4)12-17(14)20-11-15-7-5-6-8-16(15)13-22/h5-8,14,17,20,22H,9-13H2,1-4H3. The number of rotatable bonds is 4. The SMILES string of the molecule is CC1CCN(C(=O)OC(C)(C)C)CC1NCc1ccccc1CO. The molecular weight excluding hydrogens is 304 g/mol. The van der Waals surface area contributed by atoms with Crippen LogP contribution in [0.15, 0.2) is 24.3 Å². The van der Waals surface area contributed by atoms with Gasteiger partial charge in [0.05, 0.1) is 6.61 Å². The van der Waals surface area contributed by atoms with Crippen LogP contribution in [0, 0.1) is 5.92 Å². The topological polar surface area (TPSA) is 61.8 Å². The Morgan fingerprint density at radius 3 is 2.62 bits per heavy atom. The van der Waals surface area contributed by atoms with Crippen molar-refractivity contribution in [1.29, 1.82) is 0 Å². The summed E-state index contributed by atoms with van der Waals surface area (Å²) >= 11 is 0. The Bertz CT molecular complexity index is 554. The number of nitrogens with one attached hydrogen (secondary N) is 1. The lowest BCUT2D eigenvalue weighted by atomic mass is 9.93. The molecule has 0 aromatic heterocycles. The molecule has 1 heterocycles. The molecule has 1 amide bonds. The first-order chi connectivity index (χ1) is 11.3. The molecule has 24 heavy (non-hydrogen) atoms. The lowest BCUT2D eigenvalue weighted by Crippen LogP contribution is -2.52. The van der Waals surface area contributed by atoms with Gasteiger partial charge in [-0.05, 0) is 44.2 Å². The van der Waals surface area contributed by atoms with Crippen LogP contribution in [0.3, 0.4) is 0 Å². The second-order valence-electron chi connectivity index (χ2n) is 7.61. The average molecular weight is 334 g/mol. The van der Waals surface area contributed by atoms with Gasteiger partial charge in [-0.15, -0.1) is 0 Å². The van der Waals surface area contributed by atoms with Crippen molar-refractivity contribution in [3.63, 3.8) is 0 Å². The van der Waals surface area contributed by atoms with Gasteiger partial charge in [0.1, 0.15) is 5.60 Å². The van der Waals surface area contributed by atoms with Crippen molar-refractivity contribution in [2.75, 3.05) is 13.1 Å². The number of hydrogen-bond acceptors (Lipinski definition) is 4. The van der Waals surface area contributed by atoms with E-state index in [2.05, 4.69) is 12.2 Å². The van der Waals surface area contributed by atoms with Gasteiger partial charge in [0, 0.05) is 25.7 Å². The highest BCUT2D eigenvalue weighted by molar-refractivity contribution is 5.68. The van der Waals surface area contributed by atoms with E-state index in [-0.39, 0.29) is 18.7 Å². The second kappa shape index (κ2) is 7.99. The predicted molar refractivity (Wildman–Crippen MR) is 94.6 cm³/mol. The number of amides is 1. The zero-order chi connectivity index (χ0) is 17.7. The quantitative estimate of drug-likeness (QED) is 0.889. The van der Waals surface area contributed by atoms with Crippen molar-refractivity contribution < 1.29 is 14.6 Å². The van der Waals surface area contributed by atoms with E-state index in [1.54, 1.807) is 4.90 Å². The maximum absolute atomic E-state index is 12.3. The number of carbonyl (C=O) groups excluding carboxylic acids is 1. The van der Waals surface area contributed by atoms with Crippen LogP contribution in [0.4, 0.5) is 4.79 Å². The zero-order valence-corrected chi connectivity index (χ0v) is 15.2. The Balaban J connectivity index is 1.95. The van der Waals surface area contributed by atoms with Crippen molar-refractivity contribution in [3.8, 4) is 0 Å². The molecule has 5 heteroatoms. The van der Waals surface area contributed by atoms with Gasteiger partial charge in [0.15, 0.2) is 0 Å². The minimum absolute atomic E-state index is 0.0438. The summed E-state index contributed by atoms with van der Waals surface area (Å²) in [6, 6.07) is 8.10. The largest absolute Gasteiger partial charge is 0.444 e.